The number of alkyl halides is 3. The Hall–Kier alpha value is -1.52. The van der Waals surface area contributed by atoms with Gasteiger partial charge in [-0.2, -0.15) is 13.2 Å². The molecule has 0 unspecified atom stereocenters. The van der Waals surface area contributed by atoms with Crippen molar-refractivity contribution in [2.75, 3.05) is 0 Å². The van der Waals surface area contributed by atoms with Crippen LogP contribution in [0.3, 0.4) is 0 Å². The average Bonchev–Trinajstić information content (AvgIpc) is 2.98. The van der Waals surface area contributed by atoms with Gasteiger partial charge in [0.05, 0.1) is 5.92 Å². The van der Waals surface area contributed by atoms with Crippen molar-refractivity contribution in [3.8, 4) is 0 Å². The van der Waals surface area contributed by atoms with Crippen molar-refractivity contribution in [3.05, 3.63) is 35.9 Å². The second kappa shape index (κ2) is 3.81. The highest BCUT2D eigenvalue weighted by atomic mass is 19.4. The Morgan fingerprint density at radius 1 is 1.25 bits per heavy atom. The number of rotatable bonds is 2. The van der Waals surface area contributed by atoms with Crippen LogP contribution in [-0.2, 0) is 0 Å². The lowest BCUT2D eigenvalue weighted by atomic mass is 10.2. The molecular weight excluding hydrogens is 219 g/mol. The third-order valence-corrected chi connectivity index (χ3v) is 2.56. The molecule has 1 aliphatic carbocycles. The van der Waals surface area contributed by atoms with Crippen LogP contribution in [0.2, 0.25) is 0 Å². The summed E-state index contributed by atoms with van der Waals surface area (Å²) >= 11 is 0. The fourth-order valence-electron chi connectivity index (χ4n) is 1.56. The summed E-state index contributed by atoms with van der Waals surface area (Å²) in [5.74, 6) is -1.82. The summed E-state index contributed by atoms with van der Waals surface area (Å²) in [6.45, 7) is 0. The first-order valence-corrected chi connectivity index (χ1v) is 4.91. The zero-order valence-electron chi connectivity index (χ0n) is 8.29. The molecule has 2 rings (SSSR count). The second-order valence-corrected chi connectivity index (χ2v) is 3.83. The first-order chi connectivity index (χ1) is 7.48. The zero-order valence-corrected chi connectivity index (χ0v) is 8.29. The van der Waals surface area contributed by atoms with Gasteiger partial charge in [-0.3, -0.25) is 4.79 Å². The Labute approximate surface area is 90.5 Å². The normalized spacial score (nSPS) is 23.9. The van der Waals surface area contributed by atoms with E-state index >= 15 is 0 Å². The van der Waals surface area contributed by atoms with Crippen LogP contribution in [-0.4, -0.2) is 18.1 Å². The third kappa shape index (κ3) is 2.35. The predicted octanol–water partition coefficient (Wildman–Crippen LogP) is 2.37. The van der Waals surface area contributed by atoms with Gasteiger partial charge in [0.15, 0.2) is 0 Å². The lowest BCUT2D eigenvalue weighted by Gasteiger charge is -2.06. The highest BCUT2D eigenvalue weighted by Crippen LogP contribution is 2.44. The maximum absolute atomic E-state index is 12.2. The van der Waals surface area contributed by atoms with Gasteiger partial charge in [-0.05, 0) is 18.6 Å². The van der Waals surface area contributed by atoms with Crippen LogP contribution in [0.25, 0.3) is 0 Å². The molecule has 1 saturated carbocycles. The van der Waals surface area contributed by atoms with Gasteiger partial charge in [0.2, 0.25) is 0 Å². The fourth-order valence-corrected chi connectivity index (χ4v) is 1.56. The van der Waals surface area contributed by atoms with Crippen LogP contribution in [0.4, 0.5) is 13.2 Å². The van der Waals surface area contributed by atoms with Crippen molar-refractivity contribution >= 4 is 5.91 Å². The van der Waals surface area contributed by atoms with E-state index in [1.54, 1.807) is 30.3 Å². The van der Waals surface area contributed by atoms with E-state index < -0.39 is 24.0 Å². The Morgan fingerprint density at radius 2 is 1.88 bits per heavy atom. The minimum absolute atomic E-state index is 0.0118. The summed E-state index contributed by atoms with van der Waals surface area (Å²) in [5, 5.41) is 2.37. The minimum Gasteiger partial charge on any atom is -0.349 e. The Kier molecular flexibility index (Phi) is 2.61. The Morgan fingerprint density at radius 3 is 2.38 bits per heavy atom. The maximum atomic E-state index is 12.2. The average molecular weight is 229 g/mol. The lowest BCUT2D eigenvalue weighted by molar-refractivity contribution is -0.148. The number of amides is 1. The topological polar surface area (TPSA) is 29.1 Å². The van der Waals surface area contributed by atoms with Crippen molar-refractivity contribution in [2.24, 2.45) is 5.92 Å². The summed E-state index contributed by atoms with van der Waals surface area (Å²) in [5.41, 5.74) is 0.385. The van der Waals surface area contributed by atoms with Gasteiger partial charge in [-0.15, -0.1) is 0 Å². The molecule has 0 heterocycles. The second-order valence-electron chi connectivity index (χ2n) is 3.83. The standard InChI is InChI=1S/C11H10F3NO/c12-11(13,14)8-6-9(8)15-10(16)7-4-2-1-3-5-7/h1-5,8-9H,6H2,(H,15,16)/t8-,9-/m1/s1. The quantitative estimate of drug-likeness (QED) is 0.828. The highest BCUT2D eigenvalue weighted by Gasteiger charge is 2.56. The molecule has 2 nitrogen and oxygen atoms in total. The molecule has 86 valence electrons. The summed E-state index contributed by atoms with van der Waals surface area (Å²) in [6.07, 6.45) is -4.21. The van der Waals surface area contributed by atoms with Gasteiger partial charge in [-0.25, -0.2) is 0 Å². The smallest absolute Gasteiger partial charge is 0.349 e. The first kappa shape index (κ1) is 11.0. The minimum atomic E-state index is -4.20. The van der Waals surface area contributed by atoms with Gasteiger partial charge < -0.3 is 5.32 Å². The number of hydrogen-bond acceptors (Lipinski definition) is 1. The molecule has 2 atom stereocenters. The number of nitrogens with one attached hydrogen (secondary N) is 1. The highest BCUT2D eigenvalue weighted by molar-refractivity contribution is 5.94. The van der Waals surface area contributed by atoms with E-state index in [9.17, 15) is 18.0 Å². The van der Waals surface area contributed by atoms with Crippen molar-refractivity contribution in [1.82, 2.24) is 5.32 Å². The Balaban J connectivity index is 1.92. The van der Waals surface area contributed by atoms with Crippen LogP contribution in [0.1, 0.15) is 16.8 Å². The van der Waals surface area contributed by atoms with E-state index in [1.165, 1.54) is 0 Å². The largest absolute Gasteiger partial charge is 0.393 e. The van der Waals surface area contributed by atoms with Crippen molar-refractivity contribution in [2.45, 2.75) is 18.6 Å². The molecule has 1 aromatic rings. The van der Waals surface area contributed by atoms with E-state index in [4.69, 9.17) is 0 Å². The monoisotopic (exact) mass is 229 g/mol. The summed E-state index contributed by atoms with van der Waals surface area (Å²) in [7, 11) is 0. The molecule has 1 N–H and O–H groups in total. The molecule has 16 heavy (non-hydrogen) atoms. The number of carbonyl (C=O) groups is 1. The molecular formula is C11H10F3NO. The van der Waals surface area contributed by atoms with Crippen molar-refractivity contribution < 1.29 is 18.0 Å². The molecule has 0 bridgehead atoms. The molecule has 1 fully saturated rings. The van der Waals surface area contributed by atoms with Gasteiger partial charge in [-0.1, -0.05) is 18.2 Å². The number of hydrogen-bond donors (Lipinski definition) is 1. The molecule has 0 aliphatic heterocycles. The molecule has 5 heteroatoms. The van der Waals surface area contributed by atoms with Gasteiger partial charge in [0.25, 0.3) is 5.91 Å². The van der Waals surface area contributed by atoms with Gasteiger partial charge >= 0.3 is 6.18 Å². The number of carbonyl (C=O) groups excluding carboxylic acids is 1. The molecule has 0 aromatic heterocycles. The maximum Gasteiger partial charge on any atom is 0.393 e. The van der Waals surface area contributed by atoms with Crippen LogP contribution >= 0.6 is 0 Å². The SMILES string of the molecule is O=C(N[C@@H]1C[C@H]1C(F)(F)F)c1ccccc1. The van der Waals surface area contributed by atoms with E-state index in [-0.39, 0.29) is 6.42 Å². The van der Waals surface area contributed by atoms with Crippen LogP contribution < -0.4 is 5.32 Å². The van der Waals surface area contributed by atoms with E-state index in [0.29, 0.717) is 5.56 Å². The zero-order chi connectivity index (χ0) is 11.8. The molecule has 0 spiro atoms. The summed E-state index contributed by atoms with van der Waals surface area (Å²) in [4.78, 5) is 11.5. The fraction of sp³-hybridized carbons (Fsp3) is 0.364. The molecule has 0 saturated heterocycles. The summed E-state index contributed by atoms with van der Waals surface area (Å²) < 4.78 is 36.6. The van der Waals surface area contributed by atoms with Gasteiger partial charge in [0.1, 0.15) is 0 Å². The molecule has 0 radical (unpaired) electrons. The molecule has 1 aliphatic rings. The van der Waals surface area contributed by atoms with E-state index in [0.717, 1.165) is 0 Å². The van der Waals surface area contributed by atoms with Gasteiger partial charge in [0, 0.05) is 11.6 Å². The van der Waals surface area contributed by atoms with E-state index in [2.05, 4.69) is 5.32 Å². The predicted molar refractivity (Wildman–Crippen MR) is 51.9 cm³/mol. The summed E-state index contributed by atoms with van der Waals surface area (Å²) in [6, 6.07) is 7.46. The van der Waals surface area contributed by atoms with Crippen molar-refractivity contribution in [1.29, 1.82) is 0 Å². The number of benzene rings is 1. The van der Waals surface area contributed by atoms with Crippen molar-refractivity contribution in [3.63, 3.8) is 0 Å². The Bertz CT molecular complexity index is 388. The lowest BCUT2D eigenvalue weighted by Crippen LogP contribution is -2.29. The first-order valence-electron chi connectivity index (χ1n) is 4.91. The molecule has 1 aromatic carbocycles. The molecule has 1 amide bonds. The number of halogens is 3. The van der Waals surface area contributed by atoms with Crippen LogP contribution in [0, 0.1) is 5.92 Å². The van der Waals surface area contributed by atoms with Crippen LogP contribution in [0.5, 0.6) is 0 Å². The third-order valence-electron chi connectivity index (χ3n) is 2.56. The van der Waals surface area contributed by atoms with Crippen LogP contribution in [0.15, 0.2) is 30.3 Å². The van der Waals surface area contributed by atoms with E-state index in [1.807, 2.05) is 0 Å².